The van der Waals surface area contributed by atoms with Gasteiger partial charge in [0.1, 0.15) is 0 Å². The van der Waals surface area contributed by atoms with Crippen molar-refractivity contribution in [1.82, 2.24) is 4.98 Å². The smallest absolute Gasteiger partial charge is 0.336 e. The van der Waals surface area contributed by atoms with Crippen LogP contribution in [0, 0.1) is 0 Å². The van der Waals surface area contributed by atoms with E-state index in [-0.39, 0.29) is 5.56 Å². The first-order valence-electron chi connectivity index (χ1n) is 5.70. The number of para-hydroxylation sites is 1. The first-order chi connectivity index (χ1) is 9.63. The highest BCUT2D eigenvalue weighted by molar-refractivity contribution is 8.01. The molecule has 100 valence electrons. The van der Waals surface area contributed by atoms with Crippen molar-refractivity contribution in [3.8, 4) is 0 Å². The Bertz CT molecular complexity index is 768. The highest BCUT2D eigenvalue weighted by Crippen LogP contribution is 2.36. The topological polar surface area (TPSA) is 50.2 Å². The van der Waals surface area contributed by atoms with Crippen LogP contribution in [-0.2, 0) is 0 Å². The third kappa shape index (κ3) is 2.65. The van der Waals surface area contributed by atoms with Gasteiger partial charge < -0.3 is 5.11 Å². The molecule has 0 fully saturated rings. The molecular formula is C14H8ClNO2S2. The van der Waals surface area contributed by atoms with Crippen LogP contribution in [0.3, 0.4) is 0 Å². The van der Waals surface area contributed by atoms with E-state index in [1.165, 1.54) is 17.8 Å². The number of hydrogen-bond donors (Lipinski definition) is 1. The number of nitrogens with zero attached hydrogens (tertiary/aromatic N) is 1. The van der Waals surface area contributed by atoms with Gasteiger partial charge in [-0.15, -0.1) is 11.3 Å². The molecule has 0 saturated carbocycles. The molecule has 3 aromatic rings. The summed E-state index contributed by atoms with van der Waals surface area (Å²) in [6, 6.07) is 12.7. The monoisotopic (exact) mass is 321 g/mol. The van der Waals surface area contributed by atoms with Gasteiger partial charge in [-0.1, -0.05) is 35.5 Å². The van der Waals surface area contributed by atoms with Crippen LogP contribution in [0.4, 0.5) is 0 Å². The molecule has 0 spiro atoms. The molecule has 0 unspecified atom stereocenters. The maximum absolute atomic E-state index is 11.2. The van der Waals surface area contributed by atoms with Gasteiger partial charge in [-0.25, -0.2) is 9.78 Å². The summed E-state index contributed by atoms with van der Waals surface area (Å²) in [5.74, 6) is -0.990. The van der Waals surface area contributed by atoms with Crippen LogP contribution < -0.4 is 0 Å². The largest absolute Gasteiger partial charge is 0.478 e. The van der Waals surface area contributed by atoms with Gasteiger partial charge in [-0.3, -0.25) is 0 Å². The molecule has 0 atom stereocenters. The van der Waals surface area contributed by atoms with Crippen LogP contribution in [0.15, 0.2) is 51.7 Å². The maximum Gasteiger partial charge on any atom is 0.336 e. The maximum atomic E-state index is 11.2. The van der Waals surface area contributed by atoms with E-state index in [0.717, 1.165) is 14.6 Å². The second-order valence-corrected chi connectivity index (χ2v) is 6.75. The number of carbonyl (C=O) groups is 1. The molecular weight excluding hydrogens is 314 g/mol. The molecule has 0 saturated heterocycles. The summed E-state index contributed by atoms with van der Waals surface area (Å²) in [6.07, 6.45) is 0. The lowest BCUT2D eigenvalue weighted by Crippen LogP contribution is -1.98. The number of halogens is 1. The molecule has 6 heteroatoms. The van der Waals surface area contributed by atoms with Crippen molar-refractivity contribution < 1.29 is 9.90 Å². The fourth-order valence-corrected chi connectivity index (χ4v) is 4.05. The number of rotatable bonds is 3. The van der Waals surface area contributed by atoms with Crippen LogP contribution in [0.25, 0.3) is 10.2 Å². The molecule has 0 aliphatic carbocycles. The minimum atomic E-state index is -0.990. The summed E-state index contributed by atoms with van der Waals surface area (Å²) in [5.41, 5.74) is 1.12. The van der Waals surface area contributed by atoms with Gasteiger partial charge in [-0.05, 0) is 30.3 Å². The summed E-state index contributed by atoms with van der Waals surface area (Å²) in [5, 5.41) is 9.63. The lowest BCUT2D eigenvalue weighted by Gasteiger charge is -2.03. The van der Waals surface area contributed by atoms with E-state index in [2.05, 4.69) is 4.98 Å². The van der Waals surface area contributed by atoms with Gasteiger partial charge in [0.2, 0.25) is 0 Å². The van der Waals surface area contributed by atoms with E-state index in [1.54, 1.807) is 23.5 Å². The zero-order chi connectivity index (χ0) is 14.1. The van der Waals surface area contributed by atoms with Crippen LogP contribution in [0.1, 0.15) is 10.4 Å². The Morgan fingerprint density at radius 2 is 2.05 bits per heavy atom. The number of thiazole rings is 1. The predicted molar refractivity (Wildman–Crippen MR) is 82.2 cm³/mol. The average molecular weight is 322 g/mol. The second kappa shape index (κ2) is 5.44. The molecule has 0 bridgehead atoms. The van der Waals surface area contributed by atoms with Crippen molar-refractivity contribution in [2.45, 2.75) is 9.24 Å². The Morgan fingerprint density at radius 3 is 2.80 bits per heavy atom. The third-order valence-electron chi connectivity index (χ3n) is 2.64. The van der Waals surface area contributed by atoms with Gasteiger partial charge in [0.05, 0.1) is 15.8 Å². The predicted octanol–water partition coefficient (Wildman–Crippen LogP) is 4.80. The van der Waals surface area contributed by atoms with Crippen LogP contribution in [-0.4, -0.2) is 16.1 Å². The molecule has 0 aliphatic rings. The Hall–Kier alpha value is -1.56. The van der Waals surface area contributed by atoms with E-state index in [4.69, 9.17) is 11.6 Å². The number of aromatic nitrogens is 1. The van der Waals surface area contributed by atoms with Gasteiger partial charge in [0.15, 0.2) is 4.34 Å². The molecule has 0 amide bonds. The van der Waals surface area contributed by atoms with E-state index < -0.39 is 5.97 Å². The van der Waals surface area contributed by atoms with Crippen molar-refractivity contribution in [2.75, 3.05) is 0 Å². The van der Waals surface area contributed by atoms with Crippen molar-refractivity contribution in [3.63, 3.8) is 0 Å². The highest BCUT2D eigenvalue weighted by Gasteiger charge is 2.14. The summed E-state index contributed by atoms with van der Waals surface area (Å²) >= 11 is 8.73. The number of aromatic carboxylic acids is 1. The number of carboxylic acid groups (broad SMARTS) is 1. The Morgan fingerprint density at radius 1 is 1.25 bits per heavy atom. The molecule has 20 heavy (non-hydrogen) atoms. The van der Waals surface area contributed by atoms with Crippen molar-refractivity contribution in [1.29, 1.82) is 0 Å². The third-order valence-corrected chi connectivity index (χ3v) is 5.05. The highest BCUT2D eigenvalue weighted by atomic mass is 35.5. The van der Waals surface area contributed by atoms with Crippen LogP contribution in [0.5, 0.6) is 0 Å². The standard InChI is InChI=1S/C14H8ClNO2S2/c15-8-5-6-11(9(7-8)13(17)18)19-14-16-10-3-1-2-4-12(10)20-14/h1-7H,(H,17,18). The van der Waals surface area contributed by atoms with Gasteiger partial charge in [0.25, 0.3) is 0 Å². The summed E-state index contributed by atoms with van der Waals surface area (Å²) < 4.78 is 1.90. The molecule has 1 heterocycles. The zero-order valence-electron chi connectivity index (χ0n) is 10.0. The van der Waals surface area contributed by atoms with E-state index >= 15 is 0 Å². The van der Waals surface area contributed by atoms with Gasteiger partial charge >= 0.3 is 5.97 Å². The zero-order valence-corrected chi connectivity index (χ0v) is 12.4. The van der Waals surface area contributed by atoms with Crippen molar-refractivity contribution in [2.24, 2.45) is 0 Å². The van der Waals surface area contributed by atoms with Crippen LogP contribution in [0.2, 0.25) is 5.02 Å². The van der Waals surface area contributed by atoms with Gasteiger partial charge in [0, 0.05) is 9.92 Å². The summed E-state index contributed by atoms with van der Waals surface area (Å²) in [7, 11) is 0. The fourth-order valence-electron chi connectivity index (χ4n) is 1.75. The molecule has 0 aliphatic heterocycles. The molecule has 2 aromatic carbocycles. The first kappa shape index (κ1) is 13.4. The number of benzene rings is 2. The number of hydrogen-bond acceptors (Lipinski definition) is 4. The molecule has 3 nitrogen and oxygen atoms in total. The molecule has 3 rings (SSSR count). The number of fused-ring (bicyclic) bond motifs is 1. The van der Waals surface area contributed by atoms with E-state index in [1.807, 2.05) is 24.3 Å². The van der Waals surface area contributed by atoms with Crippen molar-refractivity contribution >= 4 is 50.9 Å². The minimum Gasteiger partial charge on any atom is -0.478 e. The summed E-state index contributed by atoms with van der Waals surface area (Å²) in [4.78, 5) is 16.4. The molecule has 0 radical (unpaired) electrons. The van der Waals surface area contributed by atoms with Crippen molar-refractivity contribution in [3.05, 3.63) is 53.1 Å². The fraction of sp³-hybridized carbons (Fsp3) is 0. The molecule has 1 aromatic heterocycles. The first-order valence-corrected chi connectivity index (χ1v) is 7.71. The Labute approximate surface area is 128 Å². The lowest BCUT2D eigenvalue weighted by atomic mass is 10.2. The summed E-state index contributed by atoms with van der Waals surface area (Å²) in [6.45, 7) is 0. The van der Waals surface area contributed by atoms with Crippen LogP contribution >= 0.6 is 34.7 Å². The average Bonchev–Trinajstić information content (AvgIpc) is 2.82. The minimum absolute atomic E-state index is 0.196. The lowest BCUT2D eigenvalue weighted by molar-refractivity contribution is 0.0693. The van der Waals surface area contributed by atoms with Gasteiger partial charge in [-0.2, -0.15) is 0 Å². The quantitative estimate of drug-likeness (QED) is 0.753. The van der Waals surface area contributed by atoms with E-state index in [0.29, 0.717) is 9.92 Å². The van der Waals surface area contributed by atoms with E-state index in [9.17, 15) is 9.90 Å². The Balaban J connectivity index is 2.00. The SMILES string of the molecule is O=C(O)c1cc(Cl)ccc1Sc1nc2ccccc2s1. The Kier molecular flexibility index (Phi) is 3.65. The normalized spacial score (nSPS) is 10.8. The molecule has 1 N–H and O–H groups in total. The number of carboxylic acids is 1. The second-order valence-electron chi connectivity index (χ2n) is 4.00.